The van der Waals surface area contributed by atoms with Crippen LogP contribution >= 0.6 is 0 Å². The van der Waals surface area contributed by atoms with Crippen molar-refractivity contribution in [2.45, 2.75) is 44.2 Å². The number of anilines is 2. The number of ether oxygens (including phenoxy) is 2. The molecule has 2 amide bonds. The molecule has 40 heavy (non-hydrogen) atoms. The standard InChI is InChI=1S/C29H35N7O4/c30-29(38)36-12-5-23(18-36)40-28(37)19-3-10-35(11-4-19)27-24-2-8-31-17-21(24)15-25(34-27)20-1-9-32-26(16-20)33-22-6-13-39-14-7-22/h1-2,8-9,15-17,19,22-23H,3-7,10-14,18H2,(H2,30,38)(H,32,33). The highest BCUT2D eigenvalue weighted by Gasteiger charge is 2.32. The van der Waals surface area contributed by atoms with Gasteiger partial charge < -0.3 is 30.3 Å². The number of piperidine rings is 1. The number of nitrogens with zero attached hydrogens (tertiary/aromatic N) is 5. The molecule has 3 aromatic heterocycles. The third-order valence-electron chi connectivity index (χ3n) is 8.11. The van der Waals surface area contributed by atoms with Crippen LogP contribution in [0.1, 0.15) is 32.1 Å². The van der Waals surface area contributed by atoms with E-state index in [0.717, 1.165) is 59.7 Å². The Kier molecular flexibility index (Phi) is 7.63. The second-order valence-electron chi connectivity index (χ2n) is 10.8. The van der Waals surface area contributed by atoms with Crippen LogP contribution in [0.15, 0.2) is 42.9 Å². The predicted molar refractivity (Wildman–Crippen MR) is 151 cm³/mol. The number of carbonyl (C=O) groups is 2. The third kappa shape index (κ3) is 5.79. The average molecular weight is 546 g/mol. The number of likely N-dealkylation sites (tertiary alicyclic amines) is 1. The Morgan fingerprint density at radius 3 is 2.62 bits per heavy atom. The van der Waals surface area contributed by atoms with Gasteiger partial charge in [0.15, 0.2) is 0 Å². The van der Waals surface area contributed by atoms with Crippen molar-refractivity contribution in [3.63, 3.8) is 0 Å². The van der Waals surface area contributed by atoms with Gasteiger partial charge in [-0.1, -0.05) is 0 Å². The lowest BCUT2D eigenvalue weighted by atomic mass is 9.96. The van der Waals surface area contributed by atoms with Crippen LogP contribution in [0.5, 0.6) is 0 Å². The second-order valence-corrected chi connectivity index (χ2v) is 10.8. The van der Waals surface area contributed by atoms with E-state index in [0.29, 0.717) is 51.5 Å². The van der Waals surface area contributed by atoms with Crippen molar-refractivity contribution in [2.24, 2.45) is 11.7 Å². The van der Waals surface area contributed by atoms with E-state index in [4.69, 9.17) is 20.2 Å². The zero-order chi connectivity index (χ0) is 27.5. The van der Waals surface area contributed by atoms with E-state index in [1.54, 1.807) is 6.20 Å². The zero-order valence-electron chi connectivity index (χ0n) is 22.5. The summed E-state index contributed by atoms with van der Waals surface area (Å²) < 4.78 is 11.2. The van der Waals surface area contributed by atoms with E-state index in [1.165, 1.54) is 4.90 Å². The summed E-state index contributed by atoms with van der Waals surface area (Å²) >= 11 is 0. The van der Waals surface area contributed by atoms with Crippen LogP contribution in [0.3, 0.4) is 0 Å². The molecule has 3 aromatic rings. The summed E-state index contributed by atoms with van der Waals surface area (Å²) in [6, 6.07) is 7.98. The molecule has 0 aromatic carbocycles. The highest BCUT2D eigenvalue weighted by molar-refractivity contribution is 5.94. The summed E-state index contributed by atoms with van der Waals surface area (Å²) in [5.41, 5.74) is 7.20. The summed E-state index contributed by atoms with van der Waals surface area (Å²) in [6.45, 7) is 3.82. The molecule has 0 aliphatic carbocycles. The summed E-state index contributed by atoms with van der Waals surface area (Å²) in [6.07, 6.45) is 9.11. The number of primary amides is 1. The van der Waals surface area contributed by atoms with Gasteiger partial charge in [0.05, 0.1) is 18.2 Å². The minimum atomic E-state index is -0.470. The second kappa shape index (κ2) is 11.6. The van der Waals surface area contributed by atoms with Crippen molar-refractivity contribution in [1.29, 1.82) is 0 Å². The van der Waals surface area contributed by atoms with Crippen LogP contribution in [0.2, 0.25) is 0 Å². The lowest BCUT2D eigenvalue weighted by molar-refractivity contribution is -0.154. The molecule has 3 N–H and O–H groups in total. The Balaban J connectivity index is 1.16. The molecule has 0 bridgehead atoms. The molecule has 3 aliphatic rings. The molecule has 11 nitrogen and oxygen atoms in total. The van der Waals surface area contributed by atoms with Gasteiger partial charge >= 0.3 is 12.0 Å². The first-order chi connectivity index (χ1) is 19.5. The first-order valence-electron chi connectivity index (χ1n) is 14.1. The fourth-order valence-electron chi connectivity index (χ4n) is 5.80. The Morgan fingerprint density at radius 1 is 1.02 bits per heavy atom. The Bertz CT molecular complexity index is 1370. The number of aromatic nitrogens is 3. The van der Waals surface area contributed by atoms with Crippen molar-refractivity contribution in [2.75, 3.05) is 49.6 Å². The maximum atomic E-state index is 12.9. The molecule has 0 radical (unpaired) electrons. The van der Waals surface area contributed by atoms with Crippen LogP contribution in [0.25, 0.3) is 22.0 Å². The van der Waals surface area contributed by atoms with Crippen molar-refractivity contribution in [1.82, 2.24) is 19.9 Å². The number of fused-ring (bicyclic) bond motifs is 1. The van der Waals surface area contributed by atoms with Crippen molar-refractivity contribution in [3.05, 3.63) is 42.9 Å². The van der Waals surface area contributed by atoms with Crippen LogP contribution in [-0.4, -0.2) is 83.4 Å². The number of esters is 1. The molecule has 3 aliphatic heterocycles. The Morgan fingerprint density at radius 2 is 1.85 bits per heavy atom. The SMILES string of the molecule is NC(=O)N1CCC(OC(=O)C2CCN(c3nc(-c4ccnc(NC5CCOCC5)c4)cc4cnccc34)CC2)C1. The number of rotatable bonds is 6. The number of hydrogen-bond acceptors (Lipinski definition) is 9. The van der Waals surface area contributed by atoms with E-state index in [9.17, 15) is 9.59 Å². The number of carbonyl (C=O) groups excluding carboxylic acids is 2. The quantitative estimate of drug-likeness (QED) is 0.448. The Hall–Kier alpha value is -3.99. The zero-order valence-corrected chi connectivity index (χ0v) is 22.5. The molecule has 11 heteroatoms. The summed E-state index contributed by atoms with van der Waals surface area (Å²) in [5, 5.41) is 5.59. The topological polar surface area (TPSA) is 136 Å². The number of pyridine rings is 3. The molecule has 0 spiro atoms. The van der Waals surface area contributed by atoms with E-state index < -0.39 is 6.03 Å². The number of amides is 2. The number of nitrogens with one attached hydrogen (secondary N) is 1. The normalized spacial score (nSPS) is 20.6. The Labute approximate surface area is 233 Å². The van der Waals surface area contributed by atoms with Crippen molar-refractivity contribution >= 4 is 34.4 Å². The molecule has 210 valence electrons. The van der Waals surface area contributed by atoms with Gasteiger partial charge in [-0.05, 0) is 49.9 Å². The molecule has 6 rings (SSSR count). The van der Waals surface area contributed by atoms with Crippen LogP contribution < -0.4 is 16.0 Å². The van der Waals surface area contributed by atoms with Gasteiger partial charge in [-0.15, -0.1) is 0 Å². The smallest absolute Gasteiger partial charge is 0.314 e. The van der Waals surface area contributed by atoms with Gasteiger partial charge in [-0.25, -0.2) is 14.8 Å². The van der Waals surface area contributed by atoms with Crippen molar-refractivity contribution < 1.29 is 19.1 Å². The van der Waals surface area contributed by atoms with Gasteiger partial charge in [0, 0.05) is 80.2 Å². The molecule has 6 heterocycles. The number of hydrogen-bond donors (Lipinski definition) is 2. The predicted octanol–water partition coefficient (Wildman–Crippen LogP) is 3.20. The van der Waals surface area contributed by atoms with Gasteiger partial charge in [0.2, 0.25) is 0 Å². The fourth-order valence-corrected chi connectivity index (χ4v) is 5.80. The largest absolute Gasteiger partial charge is 0.460 e. The molecule has 3 saturated heterocycles. The molecule has 1 unspecified atom stereocenters. The first-order valence-corrected chi connectivity index (χ1v) is 14.1. The number of urea groups is 1. The van der Waals surface area contributed by atoms with Crippen molar-refractivity contribution in [3.8, 4) is 11.3 Å². The third-order valence-corrected chi connectivity index (χ3v) is 8.11. The first kappa shape index (κ1) is 26.2. The maximum Gasteiger partial charge on any atom is 0.314 e. The lowest BCUT2D eigenvalue weighted by Gasteiger charge is -2.33. The van der Waals surface area contributed by atoms with Gasteiger partial charge in [0.25, 0.3) is 0 Å². The van der Waals surface area contributed by atoms with Crippen LogP contribution in [0.4, 0.5) is 16.4 Å². The van der Waals surface area contributed by atoms with E-state index in [-0.39, 0.29) is 18.0 Å². The monoisotopic (exact) mass is 545 g/mol. The minimum Gasteiger partial charge on any atom is -0.460 e. The van der Waals surface area contributed by atoms with Gasteiger partial charge in [-0.2, -0.15) is 0 Å². The summed E-state index contributed by atoms with van der Waals surface area (Å²) in [5.74, 6) is 1.37. The number of nitrogens with two attached hydrogens (primary N) is 1. The van der Waals surface area contributed by atoms with E-state index in [1.807, 2.05) is 24.5 Å². The van der Waals surface area contributed by atoms with Crippen LogP contribution in [0, 0.1) is 5.92 Å². The summed E-state index contributed by atoms with van der Waals surface area (Å²) in [4.78, 5) is 42.1. The average Bonchev–Trinajstić information content (AvgIpc) is 3.46. The summed E-state index contributed by atoms with van der Waals surface area (Å²) in [7, 11) is 0. The minimum absolute atomic E-state index is 0.172. The molecular formula is C29H35N7O4. The lowest BCUT2D eigenvalue weighted by Crippen LogP contribution is -2.39. The highest BCUT2D eigenvalue weighted by atomic mass is 16.5. The van der Waals surface area contributed by atoms with E-state index in [2.05, 4.69) is 32.3 Å². The fraction of sp³-hybridized carbons (Fsp3) is 0.483. The maximum absolute atomic E-state index is 12.9. The van der Waals surface area contributed by atoms with Gasteiger partial charge in [-0.3, -0.25) is 9.78 Å². The van der Waals surface area contributed by atoms with E-state index >= 15 is 0 Å². The van der Waals surface area contributed by atoms with Crippen LogP contribution in [-0.2, 0) is 14.3 Å². The van der Waals surface area contributed by atoms with Gasteiger partial charge in [0.1, 0.15) is 17.7 Å². The molecule has 0 saturated carbocycles. The molecule has 3 fully saturated rings. The highest BCUT2D eigenvalue weighted by Crippen LogP contribution is 2.33. The molecular weight excluding hydrogens is 510 g/mol. The molecule has 1 atom stereocenters.